The van der Waals surface area contributed by atoms with Gasteiger partial charge in [0.15, 0.2) is 0 Å². The molecule has 0 spiro atoms. The van der Waals surface area contributed by atoms with Crippen molar-refractivity contribution in [2.75, 3.05) is 7.11 Å². The molecule has 0 aliphatic heterocycles. The lowest BCUT2D eigenvalue weighted by Crippen LogP contribution is -2.46. The smallest absolute Gasteiger partial charge is 0.123 e. The third-order valence-electron chi connectivity index (χ3n) is 4.87. The van der Waals surface area contributed by atoms with Crippen LogP contribution in [0.15, 0.2) is 36.4 Å². The van der Waals surface area contributed by atoms with Gasteiger partial charge >= 0.3 is 0 Å². The highest BCUT2D eigenvalue weighted by molar-refractivity contribution is 6.34. The Morgan fingerprint density at radius 3 is 2.23 bits per heavy atom. The van der Waals surface area contributed by atoms with Gasteiger partial charge in [0.2, 0.25) is 0 Å². The van der Waals surface area contributed by atoms with Crippen LogP contribution in [0.5, 0.6) is 5.75 Å². The number of hydrogen-bond donors (Lipinski definition) is 1. The summed E-state index contributed by atoms with van der Waals surface area (Å²) in [4.78, 5) is 0. The molecule has 0 heterocycles. The van der Waals surface area contributed by atoms with E-state index >= 15 is 0 Å². The summed E-state index contributed by atoms with van der Waals surface area (Å²) in [6.45, 7) is 6.18. The Balaban J connectivity index is 2.33. The fraction of sp³-hybridized carbons (Fsp3) is 0.429. The van der Waals surface area contributed by atoms with Crippen molar-refractivity contribution >= 4 is 23.2 Å². The SMILES string of the molecule is CCC(N)(Cc1cc(Cl)cc(Cl)c1)CC(C)(C)c1cc(F)ccc1OC. The molecule has 0 aliphatic carbocycles. The topological polar surface area (TPSA) is 35.2 Å². The maximum absolute atomic E-state index is 13.8. The van der Waals surface area contributed by atoms with Crippen LogP contribution in [0.2, 0.25) is 10.0 Å². The summed E-state index contributed by atoms with van der Waals surface area (Å²) < 4.78 is 19.3. The zero-order valence-corrected chi connectivity index (χ0v) is 17.2. The van der Waals surface area contributed by atoms with Gasteiger partial charge in [-0.05, 0) is 66.6 Å². The summed E-state index contributed by atoms with van der Waals surface area (Å²) in [7, 11) is 1.59. The van der Waals surface area contributed by atoms with E-state index in [1.807, 2.05) is 12.1 Å². The van der Waals surface area contributed by atoms with Crippen molar-refractivity contribution in [2.24, 2.45) is 5.73 Å². The molecule has 0 saturated carbocycles. The summed E-state index contributed by atoms with van der Waals surface area (Å²) >= 11 is 12.2. The van der Waals surface area contributed by atoms with Gasteiger partial charge in [-0.15, -0.1) is 0 Å². The first-order valence-corrected chi connectivity index (χ1v) is 9.42. The van der Waals surface area contributed by atoms with Gasteiger partial charge in [-0.2, -0.15) is 0 Å². The fourth-order valence-corrected chi connectivity index (χ4v) is 4.19. The Labute approximate surface area is 165 Å². The Kier molecular flexibility index (Phi) is 6.60. The molecule has 2 nitrogen and oxygen atoms in total. The minimum atomic E-state index is -0.491. The summed E-state index contributed by atoms with van der Waals surface area (Å²) in [6, 6.07) is 10.1. The van der Waals surface area contributed by atoms with Crippen molar-refractivity contribution in [3.8, 4) is 5.75 Å². The summed E-state index contributed by atoms with van der Waals surface area (Å²) in [5.74, 6) is 0.385. The standard InChI is InChI=1S/C21H26Cl2FNO/c1-5-21(25,12-14-8-15(22)10-16(23)9-14)13-20(2,3)18-11-17(24)6-7-19(18)26-4/h6-11H,5,12-13,25H2,1-4H3. The number of rotatable bonds is 7. The second-order valence-corrected chi connectivity index (χ2v) is 8.45. The molecule has 2 rings (SSSR count). The van der Waals surface area contributed by atoms with E-state index in [0.29, 0.717) is 28.6 Å². The predicted molar refractivity (Wildman–Crippen MR) is 108 cm³/mol. The summed E-state index contributed by atoms with van der Waals surface area (Å²) in [5, 5.41) is 1.19. The zero-order valence-electron chi connectivity index (χ0n) is 15.7. The minimum Gasteiger partial charge on any atom is -0.496 e. The molecule has 26 heavy (non-hydrogen) atoms. The second-order valence-electron chi connectivity index (χ2n) is 7.58. The molecule has 0 radical (unpaired) electrons. The molecule has 0 amide bonds. The van der Waals surface area contributed by atoms with Gasteiger partial charge < -0.3 is 10.5 Å². The maximum atomic E-state index is 13.8. The van der Waals surface area contributed by atoms with E-state index in [2.05, 4.69) is 20.8 Å². The van der Waals surface area contributed by atoms with Gasteiger partial charge in [0.05, 0.1) is 7.11 Å². The molecular formula is C21H26Cl2FNO. The van der Waals surface area contributed by atoms with E-state index in [0.717, 1.165) is 17.5 Å². The van der Waals surface area contributed by atoms with Crippen molar-refractivity contribution < 1.29 is 9.13 Å². The second kappa shape index (κ2) is 8.16. The first-order valence-electron chi connectivity index (χ1n) is 8.66. The van der Waals surface area contributed by atoms with Crippen molar-refractivity contribution in [3.63, 3.8) is 0 Å². The van der Waals surface area contributed by atoms with Gasteiger partial charge in [0, 0.05) is 21.1 Å². The van der Waals surface area contributed by atoms with Gasteiger partial charge in [0.1, 0.15) is 11.6 Å². The lowest BCUT2D eigenvalue weighted by atomic mass is 9.71. The normalized spacial score (nSPS) is 14.2. The van der Waals surface area contributed by atoms with E-state index in [4.69, 9.17) is 33.7 Å². The average Bonchev–Trinajstić information content (AvgIpc) is 2.53. The average molecular weight is 398 g/mol. The highest BCUT2D eigenvalue weighted by Crippen LogP contribution is 2.39. The molecule has 5 heteroatoms. The van der Waals surface area contributed by atoms with Gasteiger partial charge in [-0.3, -0.25) is 0 Å². The Bertz CT molecular complexity index is 758. The van der Waals surface area contributed by atoms with E-state index < -0.39 is 5.54 Å². The highest BCUT2D eigenvalue weighted by atomic mass is 35.5. The van der Waals surface area contributed by atoms with E-state index in [1.54, 1.807) is 19.2 Å². The molecule has 1 atom stereocenters. The van der Waals surface area contributed by atoms with E-state index in [9.17, 15) is 4.39 Å². The van der Waals surface area contributed by atoms with Crippen LogP contribution in [-0.4, -0.2) is 12.6 Å². The van der Waals surface area contributed by atoms with Crippen molar-refractivity contribution in [3.05, 3.63) is 63.4 Å². The van der Waals surface area contributed by atoms with Gasteiger partial charge in [-0.1, -0.05) is 44.0 Å². The molecule has 0 saturated heterocycles. The van der Waals surface area contributed by atoms with Crippen molar-refractivity contribution in [1.29, 1.82) is 0 Å². The molecule has 2 aromatic carbocycles. The zero-order chi connectivity index (χ0) is 19.5. The van der Waals surface area contributed by atoms with Crippen molar-refractivity contribution in [2.45, 2.75) is 51.0 Å². The van der Waals surface area contributed by atoms with Crippen LogP contribution in [0.4, 0.5) is 4.39 Å². The Hall–Kier alpha value is -1.29. The summed E-state index contributed by atoms with van der Waals surface area (Å²) in [5.41, 5.74) is 7.70. The number of halogens is 3. The molecule has 2 N–H and O–H groups in total. The van der Waals surface area contributed by atoms with Crippen LogP contribution in [0.25, 0.3) is 0 Å². The molecule has 142 valence electrons. The molecule has 2 aromatic rings. The molecule has 0 bridgehead atoms. The van der Waals surface area contributed by atoms with Gasteiger partial charge in [-0.25, -0.2) is 4.39 Å². The van der Waals surface area contributed by atoms with E-state index in [-0.39, 0.29) is 11.2 Å². The van der Waals surface area contributed by atoms with Gasteiger partial charge in [0.25, 0.3) is 0 Å². The quantitative estimate of drug-likeness (QED) is 0.606. The fourth-order valence-electron chi connectivity index (χ4n) is 3.62. The van der Waals surface area contributed by atoms with Crippen LogP contribution in [0, 0.1) is 5.82 Å². The molecule has 0 fully saturated rings. The van der Waals surface area contributed by atoms with Crippen LogP contribution < -0.4 is 10.5 Å². The molecule has 0 aliphatic rings. The lowest BCUT2D eigenvalue weighted by Gasteiger charge is -2.38. The first-order chi connectivity index (χ1) is 12.1. The van der Waals surface area contributed by atoms with Crippen LogP contribution in [0.3, 0.4) is 0 Å². The number of hydrogen-bond acceptors (Lipinski definition) is 2. The maximum Gasteiger partial charge on any atom is 0.123 e. The highest BCUT2D eigenvalue weighted by Gasteiger charge is 2.35. The Morgan fingerprint density at radius 1 is 1.08 bits per heavy atom. The van der Waals surface area contributed by atoms with Crippen LogP contribution >= 0.6 is 23.2 Å². The third kappa shape index (κ3) is 5.12. The third-order valence-corrected chi connectivity index (χ3v) is 5.30. The molecular weight excluding hydrogens is 372 g/mol. The van der Waals surface area contributed by atoms with Crippen molar-refractivity contribution in [1.82, 2.24) is 0 Å². The number of methoxy groups -OCH3 is 1. The van der Waals surface area contributed by atoms with Crippen LogP contribution in [0.1, 0.15) is 44.7 Å². The van der Waals surface area contributed by atoms with E-state index in [1.165, 1.54) is 12.1 Å². The minimum absolute atomic E-state index is 0.283. The monoisotopic (exact) mass is 397 g/mol. The molecule has 1 unspecified atom stereocenters. The largest absolute Gasteiger partial charge is 0.496 e. The number of nitrogens with two attached hydrogens (primary N) is 1. The van der Waals surface area contributed by atoms with Crippen LogP contribution in [-0.2, 0) is 11.8 Å². The predicted octanol–water partition coefficient (Wildman–Crippen LogP) is 6.16. The molecule has 0 aromatic heterocycles. The summed E-state index contributed by atoms with van der Waals surface area (Å²) in [6.07, 6.45) is 2.05. The number of ether oxygens (including phenoxy) is 1. The first kappa shape index (κ1) is 21.0. The number of benzene rings is 2. The lowest BCUT2D eigenvalue weighted by molar-refractivity contribution is 0.286. The Morgan fingerprint density at radius 2 is 1.69 bits per heavy atom.